The Kier molecular flexibility index (Phi) is 5.60. The molecule has 0 spiro atoms. The van der Waals surface area contributed by atoms with Crippen molar-refractivity contribution in [3.63, 3.8) is 0 Å². The minimum Gasteiger partial charge on any atom is -0.349 e. The summed E-state index contributed by atoms with van der Waals surface area (Å²) in [6.07, 6.45) is -5.71. The van der Waals surface area contributed by atoms with Crippen molar-refractivity contribution < 1.29 is 27.0 Å². The van der Waals surface area contributed by atoms with Crippen molar-refractivity contribution >= 4 is 0 Å². The Morgan fingerprint density at radius 3 is 2.58 bits per heavy atom. The number of hydrogen-bond acceptors (Lipinski definition) is 3. The molecule has 0 bridgehead atoms. The molecule has 0 saturated carbocycles. The van der Waals surface area contributed by atoms with Gasteiger partial charge in [0.05, 0.1) is 24.3 Å². The van der Waals surface area contributed by atoms with Crippen LogP contribution in [0.1, 0.15) is 35.8 Å². The van der Waals surface area contributed by atoms with Crippen LogP contribution in [0.15, 0.2) is 48.5 Å². The molecule has 140 valence electrons. The van der Waals surface area contributed by atoms with E-state index < -0.39 is 24.1 Å². The number of morpholine rings is 1. The molecule has 0 radical (unpaired) electrons. The van der Waals surface area contributed by atoms with Crippen molar-refractivity contribution in [1.29, 1.82) is 0 Å². The van der Waals surface area contributed by atoms with Crippen LogP contribution >= 0.6 is 0 Å². The van der Waals surface area contributed by atoms with Gasteiger partial charge < -0.3 is 14.8 Å². The van der Waals surface area contributed by atoms with Gasteiger partial charge in [0.15, 0.2) is 6.29 Å². The highest BCUT2D eigenvalue weighted by atomic mass is 19.4. The summed E-state index contributed by atoms with van der Waals surface area (Å²) in [4.78, 5) is 0. The fraction of sp³-hybridized carbons (Fsp3) is 0.368. The zero-order valence-electron chi connectivity index (χ0n) is 14.1. The Bertz CT molecular complexity index is 733. The van der Waals surface area contributed by atoms with E-state index in [-0.39, 0.29) is 11.9 Å². The van der Waals surface area contributed by atoms with Crippen LogP contribution in [-0.4, -0.2) is 19.4 Å². The van der Waals surface area contributed by atoms with E-state index in [0.29, 0.717) is 18.7 Å². The summed E-state index contributed by atoms with van der Waals surface area (Å²) in [6, 6.07) is 10.7. The molecule has 26 heavy (non-hydrogen) atoms. The molecule has 1 aliphatic rings. The average Bonchev–Trinajstić information content (AvgIpc) is 2.62. The van der Waals surface area contributed by atoms with Gasteiger partial charge in [-0.05, 0) is 42.3 Å². The number of benzene rings is 2. The maximum Gasteiger partial charge on any atom is 0.416 e. The van der Waals surface area contributed by atoms with Gasteiger partial charge in [-0.3, -0.25) is 0 Å². The lowest BCUT2D eigenvalue weighted by molar-refractivity contribution is -0.200. The molecular formula is C19H19F4NO2. The summed E-state index contributed by atoms with van der Waals surface area (Å²) < 4.78 is 63.4. The number of hydrogen-bond donors (Lipinski definition) is 1. The summed E-state index contributed by atoms with van der Waals surface area (Å²) in [5, 5.41) is 3.24. The standard InChI is InChI=1S/C19H19F4NO2/c1-12(14-3-2-4-15(11-14)19(21,22)23)26-18-17(24-9-10-25-18)13-5-7-16(20)8-6-13/h2-8,11-12,17-18,24H,9-10H2,1H3/t12?,17-,18+/m0/s1. The first-order valence-corrected chi connectivity index (χ1v) is 8.27. The number of alkyl halides is 3. The summed E-state index contributed by atoms with van der Waals surface area (Å²) >= 11 is 0. The molecule has 2 aromatic carbocycles. The number of nitrogens with one attached hydrogen (secondary N) is 1. The van der Waals surface area contributed by atoms with Crippen LogP contribution in [0.2, 0.25) is 0 Å². The summed E-state index contributed by atoms with van der Waals surface area (Å²) in [5.41, 5.74) is 0.474. The predicted molar refractivity (Wildman–Crippen MR) is 87.8 cm³/mol. The van der Waals surface area contributed by atoms with E-state index >= 15 is 0 Å². The second-order valence-electron chi connectivity index (χ2n) is 6.12. The first kappa shape index (κ1) is 18.8. The van der Waals surface area contributed by atoms with E-state index in [1.165, 1.54) is 18.2 Å². The van der Waals surface area contributed by atoms with E-state index in [1.54, 1.807) is 25.1 Å². The quantitative estimate of drug-likeness (QED) is 0.799. The molecule has 7 heteroatoms. The third-order valence-corrected chi connectivity index (χ3v) is 4.27. The molecular weight excluding hydrogens is 350 g/mol. The first-order valence-electron chi connectivity index (χ1n) is 8.27. The Hall–Kier alpha value is -1.96. The molecule has 3 atom stereocenters. The van der Waals surface area contributed by atoms with Crippen LogP contribution in [0.4, 0.5) is 17.6 Å². The van der Waals surface area contributed by atoms with E-state index in [2.05, 4.69) is 5.32 Å². The fourth-order valence-corrected chi connectivity index (χ4v) is 2.89. The topological polar surface area (TPSA) is 30.5 Å². The van der Waals surface area contributed by atoms with Crippen LogP contribution in [0.25, 0.3) is 0 Å². The van der Waals surface area contributed by atoms with Crippen LogP contribution in [0, 0.1) is 5.82 Å². The molecule has 1 saturated heterocycles. The van der Waals surface area contributed by atoms with Crippen molar-refractivity contribution in [3.8, 4) is 0 Å². The summed E-state index contributed by atoms with van der Waals surface area (Å²) in [7, 11) is 0. The Balaban J connectivity index is 1.76. The maximum absolute atomic E-state index is 13.1. The van der Waals surface area contributed by atoms with Crippen LogP contribution in [0.5, 0.6) is 0 Å². The molecule has 1 fully saturated rings. The monoisotopic (exact) mass is 369 g/mol. The second-order valence-corrected chi connectivity index (χ2v) is 6.12. The van der Waals surface area contributed by atoms with Crippen LogP contribution in [-0.2, 0) is 15.7 Å². The normalized spacial score (nSPS) is 22.2. The highest BCUT2D eigenvalue weighted by Gasteiger charge is 2.32. The van der Waals surface area contributed by atoms with Gasteiger partial charge in [-0.15, -0.1) is 0 Å². The van der Waals surface area contributed by atoms with Gasteiger partial charge in [-0.25, -0.2) is 4.39 Å². The molecule has 0 amide bonds. The van der Waals surface area contributed by atoms with Crippen molar-refractivity contribution in [1.82, 2.24) is 5.32 Å². The Labute approximate surface area is 148 Å². The number of halogens is 4. The maximum atomic E-state index is 13.1. The van der Waals surface area contributed by atoms with Gasteiger partial charge >= 0.3 is 6.18 Å². The zero-order chi connectivity index (χ0) is 18.7. The van der Waals surface area contributed by atoms with E-state index in [9.17, 15) is 17.6 Å². The van der Waals surface area contributed by atoms with Gasteiger partial charge in [0, 0.05) is 6.54 Å². The third kappa shape index (κ3) is 4.41. The average molecular weight is 369 g/mol. The van der Waals surface area contributed by atoms with Gasteiger partial charge in [0.2, 0.25) is 0 Å². The van der Waals surface area contributed by atoms with Crippen molar-refractivity contribution in [2.24, 2.45) is 0 Å². The van der Waals surface area contributed by atoms with Gasteiger partial charge in [-0.2, -0.15) is 13.2 Å². The van der Waals surface area contributed by atoms with Crippen molar-refractivity contribution in [2.45, 2.75) is 31.5 Å². The molecule has 3 nitrogen and oxygen atoms in total. The molecule has 2 aromatic rings. The van der Waals surface area contributed by atoms with Gasteiger partial charge in [0.25, 0.3) is 0 Å². The SMILES string of the molecule is CC(O[C@H]1OCCN[C@H]1c1ccc(F)cc1)c1cccc(C(F)(F)F)c1. The third-order valence-electron chi connectivity index (χ3n) is 4.27. The van der Waals surface area contributed by atoms with Gasteiger partial charge in [0.1, 0.15) is 5.82 Å². The molecule has 0 aromatic heterocycles. The zero-order valence-corrected chi connectivity index (χ0v) is 14.1. The highest BCUT2D eigenvalue weighted by molar-refractivity contribution is 5.27. The largest absolute Gasteiger partial charge is 0.416 e. The van der Waals surface area contributed by atoms with Crippen LogP contribution in [0.3, 0.4) is 0 Å². The van der Waals surface area contributed by atoms with E-state index in [1.807, 2.05) is 0 Å². The lowest BCUT2D eigenvalue weighted by Gasteiger charge is -2.34. The fourth-order valence-electron chi connectivity index (χ4n) is 2.89. The number of ether oxygens (including phenoxy) is 2. The second kappa shape index (κ2) is 7.73. The first-order chi connectivity index (χ1) is 12.3. The van der Waals surface area contributed by atoms with E-state index in [4.69, 9.17) is 9.47 Å². The molecule has 1 heterocycles. The minimum absolute atomic E-state index is 0.336. The smallest absolute Gasteiger partial charge is 0.349 e. The summed E-state index contributed by atoms with van der Waals surface area (Å²) in [6.45, 7) is 2.69. The van der Waals surface area contributed by atoms with Gasteiger partial charge in [-0.1, -0.05) is 24.3 Å². The Morgan fingerprint density at radius 1 is 1.15 bits per heavy atom. The van der Waals surface area contributed by atoms with Crippen molar-refractivity contribution in [3.05, 3.63) is 71.0 Å². The van der Waals surface area contributed by atoms with Crippen LogP contribution < -0.4 is 5.32 Å². The lowest BCUT2D eigenvalue weighted by Crippen LogP contribution is -2.43. The number of rotatable bonds is 4. The Morgan fingerprint density at radius 2 is 1.88 bits per heavy atom. The highest BCUT2D eigenvalue weighted by Crippen LogP contribution is 2.33. The molecule has 0 aliphatic carbocycles. The lowest BCUT2D eigenvalue weighted by atomic mass is 10.0. The predicted octanol–water partition coefficient (Wildman–Crippen LogP) is 4.61. The van der Waals surface area contributed by atoms with Crippen molar-refractivity contribution in [2.75, 3.05) is 13.2 Å². The molecule has 3 rings (SSSR count). The van der Waals surface area contributed by atoms with E-state index in [0.717, 1.165) is 17.7 Å². The molecule has 1 unspecified atom stereocenters. The summed E-state index contributed by atoms with van der Waals surface area (Å²) in [5.74, 6) is -0.347. The minimum atomic E-state index is -4.41. The molecule has 1 N–H and O–H groups in total. The molecule has 1 aliphatic heterocycles.